The maximum Gasteiger partial charge on any atom is 0.251 e. The molecule has 3 rings (SSSR count). The first-order valence-corrected chi connectivity index (χ1v) is 6.80. The summed E-state index contributed by atoms with van der Waals surface area (Å²) in [6, 6.07) is 9.37. The number of aromatic nitrogens is 1. The Bertz CT molecular complexity index is 782. The van der Waals surface area contributed by atoms with Crippen LogP contribution in [-0.2, 0) is 13.0 Å². The van der Waals surface area contributed by atoms with E-state index in [2.05, 4.69) is 15.6 Å². The van der Waals surface area contributed by atoms with E-state index in [1.165, 1.54) is 6.20 Å². The van der Waals surface area contributed by atoms with E-state index in [-0.39, 0.29) is 5.91 Å². The van der Waals surface area contributed by atoms with Gasteiger partial charge in [0.25, 0.3) is 5.91 Å². The Morgan fingerprint density at radius 1 is 1.41 bits per heavy atom. The molecular formula is C16H13FN4O. The number of fused-ring (bicyclic) bond motifs is 1. The largest absolute Gasteiger partial charge is 0.348 e. The predicted molar refractivity (Wildman–Crippen MR) is 79.0 cm³/mol. The third-order valence-electron chi connectivity index (χ3n) is 3.58. The summed E-state index contributed by atoms with van der Waals surface area (Å²) in [5, 5.41) is 14.3. The zero-order chi connectivity index (χ0) is 15.5. The highest BCUT2D eigenvalue weighted by atomic mass is 19.1. The minimum atomic E-state index is -0.738. The van der Waals surface area contributed by atoms with Crippen molar-refractivity contribution < 1.29 is 9.18 Å². The van der Waals surface area contributed by atoms with Crippen LogP contribution in [-0.4, -0.2) is 17.7 Å². The molecule has 2 N–H and O–H groups in total. The standard InChI is InChI=1S/C16H13FN4O/c17-9-21-15-13(4-11(6-18)7-19-15)3-10-1-2-12-8-20-16(22)14(12)5-10/h1-2,4-5,7H,3,8-9H2,(H,19,21)(H,20,22). The summed E-state index contributed by atoms with van der Waals surface area (Å²) in [4.78, 5) is 15.8. The van der Waals surface area contributed by atoms with Gasteiger partial charge in [0, 0.05) is 30.3 Å². The predicted octanol–water partition coefficient (Wildman–Crippen LogP) is 2.13. The third-order valence-corrected chi connectivity index (χ3v) is 3.58. The summed E-state index contributed by atoms with van der Waals surface area (Å²) in [6.07, 6.45) is 1.86. The fraction of sp³-hybridized carbons (Fsp3) is 0.188. The Hall–Kier alpha value is -2.94. The summed E-state index contributed by atoms with van der Waals surface area (Å²) in [5.41, 5.74) is 3.68. The van der Waals surface area contributed by atoms with Gasteiger partial charge < -0.3 is 10.6 Å². The first-order valence-electron chi connectivity index (χ1n) is 6.80. The maximum absolute atomic E-state index is 12.5. The number of nitriles is 1. The van der Waals surface area contributed by atoms with Crippen LogP contribution in [0.25, 0.3) is 0 Å². The monoisotopic (exact) mass is 296 g/mol. The molecule has 0 unspecified atom stereocenters. The quantitative estimate of drug-likeness (QED) is 0.847. The molecule has 0 saturated heterocycles. The van der Waals surface area contributed by atoms with Crippen molar-refractivity contribution in [1.29, 1.82) is 5.26 Å². The summed E-state index contributed by atoms with van der Waals surface area (Å²) in [5.74, 6) is 0.328. The van der Waals surface area contributed by atoms with E-state index in [0.29, 0.717) is 29.9 Å². The lowest BCUT2D eigenvalue weighted by Crippen LogP contribution is -2.12. The van der Waals surface area contributed by atoms with Crippen molar-refractivity contribution >= 4 is 11.7 Å². The van der Waals surface area contributed by atoms with E-state index in [0.717, 1.165) is 16.7 Å². The fourth-order valence-corrected chi connectivity index (χ4v) is 2.52. The Balaban J connectivity index is 1.94. The van der Waals surface area contributed by atoms with Crippen LogP contribution in [0, 0.1) is 11.3 Å². The van der Waals surface area contributed by atoms with Crippen LogP contribution in [0.4, 0.5) is 10.2 Å². The van der Waals surface area contributed by atoms with E-state index in [9.17, 15) is 9.18 Å². The van der Waals surface area contributed by atoms with E-state index in [4.69, 9.17) is 5.26 Å². The summed E-state index contributed by atoms with van der Waals surface area (Å²) in [6.45, 7) is -0.187. The van der Waals surface area contributed by atoms with Crippen molar-refractivity contribution in [3.8, 4) is 6.07 Å². The Morgan fingerprint density at radius 2 is 2.27 bits per heavy atom. The zero-order valence-corrected chi connectivity index (χ0v) is 11.7. The first kappa shape index (κ1) is 14.0. The second-order valence-corrected chi connectivity index (χ2v) is 5.00. The Labute approximate surface area is 126 Å². The van der Waals surface area contributed by atoms with Gasteiger partial charge in [-0.1, -0.05) is 12.1 Å². The lowest BCUT2D eigenvalue weighted by molar-refractivity contribution is 0.0965. The number of rotatable bonds is 4. The first-order chi connectivity index (χ1) is 10.7. The molecular weight excluding hydrogens is 283 g/mol. The molecule has 1 amide bonds. The second-order valence-electron chi connectivity index (χ2n) is 5.00. The van der Waals surface area contributed by atoms with Crippen molar-refractivity contribution in [2.45, 2.75) is 13.0 Å². The minimum absolute atomic E-state index is 0.0807. The molecule has 0 aliphatic carbocycles. The molecule has 0 atom stereocenters. The molecule has 0 spiro atoms. The number of nitrogens with zero attached hydrogens (tertiary/aromatic N) is 2. The number of carbonyl (C=O) groups excluding carboxylic acids is 1. The van der Waals surface area contributed by atoms with Gasteiger partial charge in [0.2, 0.25) is 0 Å². The minimum Gasteiger partial charge on any atom is -0.348 e. The molecule has 6 heteroatoms. The highest BCUT2D eigenvalue weighted by molar-refractivity contribution is 5.98. The molecule has 0 saturated carbocycles. The molecule has 2 heterocycles. The average molecular weight is 296 g/mol. The van der Waals surface area contributed by atoms with Crippen molar-refractivity contribution in [2.24, 2.45) is 0 Å². The van der Waals surface area contributed by atoms with Gasteiger partial charge in [-0.3, -0.25) is 4.79 Å². The smallest absolute Gasteiger partial charge is 0.251 e. The van der Waals surface area contributed by atoms with Gasteiger partial charge in [-0.2, -0.15) is 5.26 Å². The highest BCUT2D eigenvalue weighted by Crippen LogP contribution is 2.22. The van der Waals surface area contributed by atoms with Crippen LogP contribution in [0.5, 0.6) is 0 Å². The van der Waals surface area contributed by atoms with Gasteiger partial charge in [0.15, 0.2) is 6.80 Å². The van der Waals surface area contributed by atoms with Crippen LogP contribution < -0.4 is 10.6 Å². The number of nitrogens with one attached hydrogen (secondary N) is 2. The Kier molecular flexibility index (Phi) is 3.71. The van der Waals surface area contributed by atoms with Gasteiger partial charge in [-0.05, 0) is 23.3 Å². The van der Waals surface area contributed by atoms with Gasteiger partial charge in [-0.15, -0.1) is 0 Å². The fourth-order valence-electron chi connectivity index (χ4n) is 2.52. The molecule has 0 radical (unpaired) electrons. The molecule has 1 aliphatic rings. The van der Waals surface area contributed by atoms with Gasteiger partial charge in [-0.25, -0.2) is 9.37 Å². The van der Waals surface area contributed by atoms with Crippen LogP contribution >= 0.6 is 0 Å². The lowest BCUT2D eigenvalue weighted by Gasteiger charge is -2.10. The van der Waals surface area contributed by atoms with Crippen molar-refractivity contribution in [3.63, 3.8) is 0 Å². The van der Waals surface area contributed by atoms with Gasteiger partial charge >= 0.3 is 0 Å². The van der Waals surface area contributed by atoms with E-state index < -0.39 is 6.80 Å². The molecule has 0 bridgehead atoms. The molecule has 110 valence electrons. The maximum atomic E-state index is 12.5. The number of halogens is 1. The Morgan fingerprint density at radius 3 is 3.05 bits per heavy atom. The number of carbonyl (C=O) groups is 1. The van der Waals surface area contributed by atoms with Crippen LogP contribution in [0.3, 0.4) is 0 Å². The number of hydrogen-bond donors (Lipinski definition) is 2. The van der Waals surface area contributed by atoms with Crippen molar-refractivity contribution in [1.82, 2.24) is 10.3 Å². The number of hydrogen-bond acceptors (Lipinski definition) is 4. The summed E-state index contributed by atoms with van der Waals surface area (Å²) >= 11 is 0. The molecule has 1 aromatic heterocycles. The SMILES string of the molecule is N#Cc1cnc(NCF)c(Cc2ccc3c(c2)C(=O)NC3)c1. The summed E-state index contributed by atoms with van der Waals surface area (Å²) < 4.78 is 12.5. The van der Waals surface area contributed by atoms with E-state index in [1.807, 2.05) is 24.3 Å². The van der Waals surface area contributed by atoms with Crippen LogP contribution in [0.1, 0.15) is 32.6 Å². The molecule has 2 aromatic rings. The lowest BCUT2D eigenvalue weighted by atomic mass is 10.00. The molecule has 1 aliphatic heterocycles. The number of anilines is 1. The molecule has 0 fully saturated rings. The second kappa shape index (κ2) is 5.82. The van der Waals surface area contributed by atoms with Gasteiger partial charge in [0.05, 0.1) is 5.56 Å². The van der Waals surface area contributed by atoms with Crippen molar-refractivity contribution in [3.05, 3.63) is 58.3 Å². The van der Waals surface area contributed by atoms with E-state index >= 15 is 0 Å². The van der Waals surface area contributed by atoms with E-state index in [1.54, 1.807) is 6.07 Å². The molecule has 5 nitrogen and oxygen atoms in total. The summed E-state index contributed by atoms with van der Waals surface area (Å²) in [7, 11) is 0. The van der Waals surface area contributed by atoms with Crippen LogP contribution in [0.2, 0.25) is 0 Å². The number of alkyl halides is 1. The number of pyridine rings is 1. The molecule has 22 heavy (non-hydrogen) atoms. The zero-order valence-electron chi connectivity index (χ0n) is 11.7. The van der Waals surface area contributed by atoms with Crippen LogP contribution in [0.15, 0.2) is 30.5 Å². The number of benzene rings is 1. The normalized spacial score (nSPS) is 12.5. The highest BCUT2D eigenvalue weighted by Gasteiger charge is 2.19. The van der Waals surface area contributed by atoms with Gasteiger partial charge in [0.1, 0.15) is 11.9 Å². The average Bonchev–Trinajstić information content (AvgIpc) is 2.90. The number of amides is 1. The topological polar surface area (TPSA) is 77.8 Å². The third kappa shape index (κ3) is 2.61. The molecule has 1 aromatic carbocycles. The van der Waals surface area contributed by atoms with Crippen molar-refractivity contribution in [2.75, 3.05) is 12.1 Å².